The lowest BCUT2D eigenvalue weighted by Gasteiger charge is -2.20. The summed E-state index contributed by atoms with van der Waals surface area (Å²) in [5, 5.41) is 8.87. The van der Waals surface area contributed by atoms with Crippen molar-refractivity contribution in [3.63, 3.8) is 0 Å². The van der Waals surface area contributed by atoms with Gasteiger partial charge >= 0.3 is 25.7 Å². The van der Waals surface area contributed by atoms with Crippen LogP contribution in [0.1, 0.15) is 142 Å². The van der Waals surface area contributed by atoms with Crippen LogP contribution in [0.4, 0.5) is 0 Å². The number of carbonyl (C=O) groups excluding carboxylic acids is 2. The van der Waals surface area contributed by atoms with Crippen LogP contribution in [0, 0.1) is 0 Å². The largest absolute Gasteiger partial charge is 0.480 e. The van der Waals surface area contributed by atoms with Gasteiger partial charge in [-0.05, 0) is 83.5 Å². The molecule has 0 saturated carbocycles. The van der Waals surface area contributed by atoms with E-state index in [4.69, 9.17) is 24.8 Å². The van der Waals surface area contributed by atoms with Crippen LogP contribution < -0.4 is 5.73 Å². The molecule has 0 aliphatic heterocycles. The lowest BCUT2D eigenvalue weighted by Crippen LogP contribution is -2.34. The second-order valence-electron chi connectivity index (χ2n) is 13.0. The standard InChI is InChI=1S/C42H70NO10P/c1-3-5-7-9-11-13-15-17-19-21-23-25-27-29-31-33-40(44)50-35-38(36-51-54(48,49)52-37-39(43)42(46)47)53-41(45)34-32-30-28-26-24-22-20-18-16-14-12-10-8-6-4-2/h6,8,11-14,17-20,24,26,38-39H,3-5,7,9-10,15-16,21-23,25,27-37,43H2,1-2H3,(H,46,47)(H,48,49)/b8-6-,13-11-,14-12-,19-17-,20-18-,26-24-. The molecule has 0 spiro atoms. The molecule has 0 aromatic heterocycles. The van der Waals surface area contributed by atoms with E-state index in [9.17, 15) is 23.8 Å². The van der Waals surface area contributed by atoms with Crippen LogP contribution >= 0.6 is 7.82 Å². The molecule has 0 aliphatic rings. The zero-order valence-electron chi connectivity index (χ0n) is 33.0. The van der Waals surface area contributed by atoms with Crippen LogP contribution in [-0.4, -0.2) is 59.9 Å². The molecule has 0 bridgehead atoms. The number of phosphoric acid groups is 1. The number of nitrogens with two attached hydrogens (primary N) is 1. The van der Waals surface area contributed by atoms with Gasteiger partial charge in [-0.3, -0.25) is 23.4 Å². The van der Waals surface area contributed by atoms with Gasteiger partial charge < -0.3 is 25.2 Å². The van der Waals surface area contributed by atoms with E-state index in [2.05, 4.69) is 91.3 Å². The van der Waals surface area contributed by atoms with Crippen molar-refractivity contribution in [3.8, 4) is 0 Å². The number of carbonyl (C=O) groups is 3. The van der Waals surface area contributed by atoms with E-state index in [-0.39, 0.29) is 19.4 Å². The smallest absolute Gasteiger partial charge is 0.472 e. The Labute approximate surface area is 325 Å². The molecule has 3 atom stereocenters. The molecule has 0 aliphatic carbocycles. The summed E-state index contributed by atoms with van der Waals surface area (Å²) in [5.41, 5.74) is 5.32. The Morgan fingerprint density at radius 2 is 1.04 bits per heavy atom. The summed E-state index contributed by atoms with van der Waals surface area (Å²) in [4.78, 5) is 45.8. The van der Waals surface area contributed by atoms with Gasteiger partial charge in [0.05, 0.1) is 13.2 Å². The predicted octanol–water partition coefficient (Wildman–Crippen LogP) is 10.2. The summed E-state index contributed by atoms with van der Waals surface area (Å²) in [6.07, 6.45) is 42.6. The SMILES string of the molecule is CC/C=C\C/C=C\C/C=C\C/C=C\CCCCC(=O)OC(COC(=O)CCCCCCC/C=C\C/C=C\CCCCC)COP(=O)(O)OCC(N)C(=O)O. The summed E-state index contributed by atoms with van der Waals surface area (Å²) >= 11 is 0. The minimum Gasteiger partial charge on any atom is -0.480 e. The maximum Gasteiger partial charge on any atom is 0.472 e. The van der Waals surface area contributed by atoms with Crippen molar-refractivity contribution >= 4 is 25.7 Å². The maximum absolute atomic E-state index is 12.6. The fourth-order valence-corrected chi connectivity index (χ4v) is 5.57. The number of hydrogen-bond donors (Lipinski definition) is 3. The molecule has 12 heteroatoms. The molecule has 3 unspecified atom stereocenters. The van der Waals surface area contributed by atoms with Gasteiger partial charge in [-0.15, -0.1) is 0 Å². The highest BCUT2D eigenvalue weighted by molar-refractivity contribution is 7.47. The first-order valence-corrected chi connectivity index (χ1v) is 21.5. The monoisotopic (exact) mass is 779 g/mol. The molecule has 0 radical (unpaired) electrons. The summed E-state index contributed by atoms with van der Waals surface area (Å²) in [5.74, 6) is -2.46. The predicted molar refractivity (Wildman–Crippen MR) is 217 cm³/mol. The second kappa shape index (κ2) is 36.9. The number of rotatable bonds is 36. The highest BCUT2D eigenvalue weighted by atomic mass is 31.2. The zero-order valence-corrected chi connectivity index (χ0v) is 33.9. The minimum atomic E-state index is -4.73. The Bertz CT molecular complexity index is 1190. The van der Waals surface area contributed by atoms with Crippen molar-refractivity contribution in [2.24, 2.45) is 5.73 Å². The molecule has 0 aromatic carbocycles. The molecule has 308 valence electrons. The quantitative estimate of drug-likeness (QED) is 0.0239. The summed E-state index contributed by atoms with van der Waals surface area (Å²) < 4.78 is 32.5. The molecule has 11 nitrogen and oxygen atoms in total. The van der Waals surface area contributed by atoms with Crippen molar-refractivity contribution in [1.82, 2.24) is 0 Å². The van der Waals surface area contributed by atoms with Crippen molar-refractivity contribution in [2.75, 3.05) is 19.8 Å². The van der Waals surface area contributed by atoms with E-state index in [1.165, 1.54) is 19.3 Å². The Morgan fingerprint density at radius 1 is 0.593 bits per heavy atom. The minimum absolute atomic E-state index is 0.102. The third-order valence-electron chi connectivity index (χ3n) is 7.94. The molecule has 0 aromatic rings. The van der Waals surface area contributed by atoms with Crippen molar-refractivity contribution in [2.45, 2.75) is 154 Å². The normalized spacial score (nSPS) is 14.6. The van der Waals surface area contributed by atoms with E-state index in [1.807, 2.05) is 0 Å². The molecule has 0 saturated heterocycles. The fraction of sp³-hybridized carbons (Fsp3) is 0.643. The van der Waals surface area contributed by atoms with Crippen LogP contribution in [0.5, 0.6) is 0 Å². The van der Waals surface area contributed by atoms with Crippen LogP contribution in [0.15, 0.2) is 72.9 Å². The number of unbranched alkanes of at least 4 members (excludes halogenated alkanes) is 10. The van der Waals surface area contributed by atoms with Gasteiger partial charge in [0.1, 0.15) is 12.6 Å². The van der Waals surface area contributed by atoms with E-state index in [1.54, 1.807) is 0 Å². The third-order valence-corrected chi connectivity index (χ3v) is 8.89. The molecule has 54 heavy (non-hydrogen) atoms. The molecular weight excluding hydrogens is 709 g/mol. The first kappa shape index (κ1) is 50.9. The van der Waals surface area contributed by atoms with Crippen molar-refractivity contribution < 1.29 is 47.5 Å². The van der Waals surface area contributed by atoms with Gasteiger partial charge in [0.25, 0.3) is 0 Å². The number of esters is 2. The lowest BCUT2D eigenvalue weighted by atomic mass is 10.1. The average molecular weight is 780 g/mol. The highest BCUT2D eigenvalue weighted by Gasteiger charge is 2.28. The van der Waals surface area contributed by atoms with Gasteiger partial charge in [0, 0.05) is 12.8 Å². The molecule has 0 rings (SSSR count). The molecular formula is C42H70NO10P. The lowest BCUT2D eigenvalue weighted by molar-refractivity contribution is -0.161. The molecule has 0 heterocycles. The maximum atomic E-state index is 12.6. The summed E-state index contributed by atoms with van der Waals surface area (Å²) in [7, 11) is -4.73. The van der Waals surface area contributed by atoms with E-state index in [0.29, 0.717) is 12.8 Å². The van der Waals surface area contributed by atoms with Crippen LogP contribution in [-0.2, 0) is 37.5 Å². The summed E-state index contributed by atoms with van der Waals surface area (Å²) in [6.45, 7) is 2.57. The topological polar surface area (TPSA) is 172 Å². The number of allylic oxidation sites excluding steroid dienone is 12. The van der Waals surface area contributed by atoms with Crippen LogP contribution in [0.2, 0.25) is 0 Å². The highest BCUT2D eigenvalue weighted by Crippen LogP contribution is 2.43. The van der Waals surface area contributed by atoms with Gasteiger partial charge in [0.2, 0.25) is 0 Å². The Hall–Kier alpha value is -3.08. The van der Waals surface area contributed by atoms with E-state index in [0.717, 1.165) is 83.5 Å². The number of phosphoric ester groups is 1. The van der Waals surface area contributed by atoms with E-state index >= 15 is 0 Å². The van der Waals surface area contributed by atoms with Crippen LogP contribution in [0.25, 0.3) is 0 Å². The molecule has 0 fully saturated rings. The van der Waals surface area contributed by atoms with Gasteiger partial charge in [-0.25, -0.2) is 4.57 Å². The first-order valence-electron chi connectivity index (χ1n) is 20.0. The van der Waals surface area contributed by atoms with Gasteiger partial charge in [-0.1, -0.05) is 119 Å². The Balaban J connectivity index is 4.53. The number of ether oxygens (including phenoxy) is 2. The number of carboxylic acids is 1. The summed E-state index contributed by atoms with van der Waals surface area (Å²) in [6, 6.07) is -1.53. The number of aliphatic carboxylic acids is 1. The molecule has 0 amide bonds. The number of hydrogen-bond acceptors (Lipinski definition) is 9. The van der Waals surface area contributed by atoms with E-state index < -0.39 is 51.1 Å². The first-order chi connectivity index (χ1) is 26.1. The zero-order chi connectivity index (χ0) is 40.0. The van der Waals surface area contributed by atoms with Crippen molar-refractivity contribution in [1.29, 1.82) is 0 Å². The van der Waals surface area contributed by atoms with Crippen molar-refractivity contribution in [3.05, 3.63) is 72.9 Å². The van der Waals surface area contributed by atoms with Gasteiger partial charge in [-0.2, -0.15) is 0 Å². The molecule has 4 N–H and O–H groups in total. The van der Waals surface area contributed by atoms with Gasteiger partial charge in [0.15, 0.2) is 6.10 Å². The Kier molecular flexibility index (Phi) is 34.8. The Morgan fingerprint density at radius 3 is 1.59 bits per heavy atom. The van der Waals surface area contributed by atoms with Crippen LogP contribution in [0.3, 0.4) is 0 Å². The average Bonchev–Trinajstić information content (AvgIpc) is 3.14. The number of carboxylic acid groups (broad SMARTS) is 1. The fourth-order valence-electron chi connectivity index (χ4n) is 4.79. The second-order valence-corrected chi connectivity index (χ2v) is 14.5. The third kappa shape index (κ3) is 35.9.